The molecule has 3 nitrogen and oxygen atoms in total. The maximum atomic E-state index is 12.6. The van der Waals surface area contributed by atoms with Gasteiger partial charge in [0.05, 0.1) is 12.1 Å². The van der Waals surface area contributed by atoms with E-state index in [4.69, 9.17) is 5.73 Å². The van der Waals surface area contributed by atoms with Crippen molar-refractivity contribution in [3.05, 3.63) is 29.8 Å². The predicted octanol–water partition coefficient (Wildman–Crippen LogP) is 2.30. The van der Waals surface area contributed by atoms with E-state index in [0.717, 1.165) is 12.1 Å². The van der Waals surface area contributed by atoms with E-state index in [2.05, 4.69) is 4.74 Å². The molecule has 0 aliphatic rings. The molecule has 0 fully saturated rings. The molecule has 0 saturated carbocycles. The van der Waals surface area contributed by atoms with Gasteiger partial charge in [-0.3, -0.25) is 0 Å². The Morgan fingerprint density at radius 3 is 2.11 bits per heavy atom. The topological polar surface area (TPSA) is 55.5 Å². The average Bonchev–Trinajstić information content (AvgIpc) is 2.28. The summed E-state index contributed by atoms with van der Waals surface area (Å²) in [5.74, 6) is -0.401. The molecule has 0 unspecified atom stereocenters. The molecule has 1 aromatic carbocycles. The summed E-state index contributed by atoms with van der Waals surface area (Å²) in [6, 6.07) is 4.15. The molecule has 0 aliphatic carbocycles. The van der Waals surface area contributed by atoms with Gasteiger partial charge in [0.1, 0.15) is 5.75 Å². The highest BCUT2D eigenvalue weighted by atomic mass is 19.3. The highest BCUT2D eigenvalue weighted by Gasteiger charge is 2.43. The molecule has 0 radical (unpaired) electrons. The Kier molecular flexibility index (Phi) is 4.53. The Morgan fingerprint density at radius 1 is 1.22 bits per heavy atom. The van der Waals surface area contributed by atoms with Crippen molar-refractivity contribution in [3.63, 3.8) is 0 Å². The molecule has 3 N–H and O–H groups in total. The summed E-state index contributed by atoms with van der Waals surface area (Å²) in [6.45, 7) is 1.47. The summed E-state index contributed by atoms with van der Waals surface area (Å²) in [7, 11) is 0. The van der Waals surface area contributed by atoms with Crippen LogP contribution in [0.1, 0.15) is 18.5 Å². The average molecular weight is 267 g/mol. The van der Waals surface area contributed by atoms with Crippen molar-refractivity contribution in [1.82, 2.24) is 0 Å². The van der Waals surface area contributed by atoms with Crippen LogP contribution in [0.25, 0.3) is 0 Å². The van der Waals surface area contributed by atoms with Gasteiger partial charge in [-0.25, -0.2) is 0 Å². The molecular formula is C11H13F4NO2. The lowest BCUT2D eigenvalue weighted by Crippen LogP contribution is -2.33. The van der Waals surface area contributed by atoms with E-state index in [1.54, 1.807) is 0 Å². The number of hydrogen-bond donors (Lipinski definition) is 2. The fraction of sp³-hybridized carbons (Fsp3) is 0.455. The normalized spacial score (nSPS) is 15.6. The fourth-order valence-electron chi connectivity index (χ4n) is 1.24. The van der Waals surface area contributed by atoms with E-state index in [1.807, 2.05) is 0 Å². The molecule has 0 aliphatic heterocycles. The standard InChI is InChI=1S/C11H13F4NO2/c1-6(17)9(16)7-2-4-8(5-3-7)18-11(14,15)10(12)13/h2-6,9-10,17H,16H2,1H3/t6-,9-/m0/s1. The molecule has 0 spiro atoms. The van der Waals surface area contributed by atoms with Gasteiger partial charge >= 0.3 is 12.5 Å². The first-order chi connectivity index (χ1) is 8.24. The quantitative estimate of drug-likeness (QED) is 0.805. The van der Waals surface area contributed by atoms with E-state index < -0.39 is 30.4 Å². The van der Waals surface area contributed by atoms with E-state index in [-0.39, 0.29) is 0 Å². The number of hydrogen-bond acceptors (Lipinski definition) is 3. The van der Waals surface area contributed by atoms with E-state index in [1.165, 1.54) is 19.1 Å². The van der Waals surface area contributed by atoms with Crippen molar-refractivity contribution in [2.75, 3.05) is 0 Å². The fourth-order valence-corrected chi connectivity index (χ4v) is 1.24. The first kappa shape index (κ1) is 14.7. The number of ether oxygens (including phenoxy) is 1. The SMILES string of the molecule is C[C@H](O)[C@H](N)c1ccc(OC(F)(F)C(F)F)cc1. The first-order valence-electron chi connectivity index (χ1n) is 5.12. The number of aliphatic hydroxyl groups excluding tert-OH is 1. The second-order valence-electron chi connectivity index (χ2n) is 3.80. The second kappa shape index (κ2) is 5.53. The number of aliphatic hydroxyl groups is 1. The first-order valence-corrected chi connectivity index (χ1v) is 5.12. The molecule has 1 aromatic rings. The minimum atomic E-state index is -4.53. The third kappa shape index (κ3) is 3.58. The Bertz CT molecular complexity index is 381. The van der Waals surface area contributed by atoms with Gasteiger partial charge in [-0.15, -0.1) is 0 Å². The lowest BCUT2D eigenvalue weighted by atomic mass is 10.0. The summed E-state index contributed by atoms with van der Waals surface area (Å²) >= 11 is 0. The molecule has 0 bridgehead atoms. The molecule has 7 heteroatoms. The molecular weight excluding hydrogens is 254 g/mol. The van der Waals surface area contributed by atoms with Gasteiger partial charge in [0.25, 0.3) is 0 Å². The van der Waals surface area contributed by atoms with Crippen LogP contribution in [0.2, 0.25) is 0 Å². The lowest BCUT2D eigenvalue weighted by molar-refractivity contribution is -0.253. The van der Waals surface area contributed by atoms with Gasteiger partial charge in [-0.2, -0.15) is 17.6 Å². The second-order valence-corrected chi connectivity index (χ2v) is 3.80. The minimum Gasteiger partial charge on any atom is -0.428 e. The number of nitrogens with two attached hydrogens (primary N) is 1. The summed E-state index contributed by atoms with van der Waals surface area (Å²) in [5, 5.41) is 9.23. The van der Waals surface area contributed by atoms with Crippen LogP contribution in [0.5, 0.6) is 5.75 Å². The van der Waals surface area contributed by atoms with Crippen LogP contribution in [0.3, 0.4) is 0 Å². The van der Waals surface area contributed by atoms with Crippen molar-refractivity contribution in [1.29, 1.82) is 0 Å². The van der Waals surface area contributed by atoms with Crippen LogP contribution in [-0.4, -0.2) is 23.7 Å². The summed E-state index contributed by atoms with van der Waals surface area (Å²) < 4.78 is 52.8. The predicted molar refractivity (Wildman–Crippen MR) is 56.6 cm³/mol. The molecule has 18 heavy (non-hydrogen) atoms. The van der Waals surface area contributed by atoms with Gasteiger partial charge in [-0.05, 0) is 24.6 Å². The van der Waals surface area contributed by atoms with Crippen LogP contribution in [0.15, 0.2) is 24.3 Å². The van der Waals surface area contributed by atoms with Crippen molar-refractivity contribution in [2.45, 2.75) is 31.6 Å². The number of benzene rings is 1. The van der Waals surface area contributed by atoms with Gasteiger partial charge in [0.2, 0.25) is 0 Å². The summed E-state index contributed by atoms with van der Waals surface area (Å²) in [5.41, 5.74) is 6.09. The van der Waals surface area contributed by atoms with Crippen molar-refractivity contribution in [3.8, 4) is 5.75 Å². The third-order valence-electron chi connectivity index (χ3n) is 2.29. The Balaban J connectivity index is 2.78. The highest BCUT2D eigenvalue weighted by Crippen LogP contribution is 2.28. The zero-order valence-corrected chi connectivity index (χ0v) is 9.49. The Hall–Kier alpha value is -1.34. The molecule has 0 saturated heterocycles. The van der Waals surface area contributed by atoms with Crippen LogP contribution in [-0.2, 0) is 0 Å². The van der Waals surface area contributed by atoms with E-state index in [0.29, 0.717) is 5.56 Å². The molecule has 1 rings (SSSR count). The molecule has 102 valence electrons. The van der Waals surface area contributed by atoms with Crippen LogP contribution in [0.4, 0.5) is 17.6 Å². The smallest absolute Gasteiger partial charge is 0.428 e. The molecule has 0 heterocycles. The summed E-state index contributed by atoms with van der Waals surface area (Å²) in [6.07, 6.45) is -9.26. The largest absolute Gasteiger partial charge is 0.461 e. The summed E-state index contributed by atoms with van der Waals surface area (Å²) in [4.78, 5) is 0. The van der Waals surface area contributed by atoms with E-state index >= 15 is 0 Å². The molecule has 0 aromatic heterocycles. The van der Waals surface area contributed by atoms with Crippen molar-refractivity contribution < 1.29 is 27.4 Å². The van der Waals surface area contributed by atoms with Gasteiger partial charge < -0.3 is 15.6 Å². The van der Waals surface area contributed by atoms with Crippen LogP contribution >= 0.6 is 0 Å². The highest BCUT2D eigenvalue weighted by molar-refractivity contribution is 5.29. The minimum absolute atomic E-state index is 0.401. The third-order valence-corrected chi connectivity index (χ3v) is 2.29. The lowest BCUT2D eigenvalue weighted by Gasteiger charge is -2.18. The zero-order valence-electron chi connectivity index (χ0n) is 9.49. The number of alkyl halides is 4. The molecule has 0 amide bonds. The Labute approximate surface area is 101 Å². The van der Waals surface area contributed by atoms with Gasteiger partial charge in [0, 0.05) is 0 Å². The molecule has 2 atom stereocenters. The van der Waals surface area contributed by atoms with Crippen LogP contribution in [0, 0.1) is 0 Å². The maximum absolute atomic E-state index is 12.6. The monoisotopic (exact) mass is 267 g/mol. The van der Waals surface area contributed by atoms with Gasteiger partial charge in [-0.1, -0.05) is 12.1 Å². The zero-order chi connectivity index (χ0) is 13.9. The van der Waals surface area contributed by atoms with Crippen molar-refractivity contribution >= 4 is 0 Å². The van der Waals surface area contributed by atoms with Crippen LogP contribution < -0.4 is 10.5 Å². The van der Waals surface area contributed by atoms with Crippen molar-refractivity contribution in [2.24, 2.45) is 5.73 Å². The number of rotatable bonds is 5. The maximum Gasteiger partial charge on any atom is 0.461 e. The van der Waals surface area contributed by atoms with Gasteiger partial charge in [0.15, 0.2) is 0 Å². The number of halogens is 4. The Morgan fingerprint density at radius 2 is 1.72 bits per heavy atom. The van der Waals surface area contributed by atoms with E-state index in [9.17, 15) is 22.7 Å².